The number of sulfonamides is 1. The van der Waals surface area contributed by atoms with Gasteiger partial charge >= 0.3 is 5.97 Å². The summed E-state index contributed by atoms with van der Waals surface area (Å²) in [6.07, 6.45) is -0.0927. The highest BCUT2D eigenvalue weighted by Gasteiger charge is 2.18. The van der Waals surface area contributed by atoms with Crippen LogP contribution < -0.4 is 15.8 Å². The summed E-state index contributed by atoms with van der Waals surface area (Å²) in [4.78, 5) is 22.9. The number of carbonyl (C=O) groups is 2. The molecule has 0 fully saturated rings. The summed E-state index contributed by atoms with van der Waals surface area (Å²) in [6, 6.07) is 13.8. The van der Waals surface area contributed by atoms with Crippen molar-refractivity contribution in [2.45, 2.75) is 37.2 Å². The van der Waals surface area contributed by atoms with Crippen molar-refractivity contribution < 1.29 is 37.0 Å². The SMILES string of the molecule is Cc1cc(S(N)(=O)=O)ccc1-c1cccc(C(O)CCNCCC(=O)NCCc2cc(F)c(C(=O)O)c(F)c2)c1. The molecule has 0 radical (unpaired) electrons. The lowest BCUT2D eigenvalue weighted by Crippen LogP contribution is -2.29. The van der Waals surface area contributed by atoms with Gasteiger partial charge in [-0.15, -0.1) is 0 Å². The zero-order valence-electron chi connectivity index (χ0n) is 21.8. The number of carboxylic acids is 1. The highest BCUT2D eigenvalue weighted by Crippen LogP contribution is 2.28. The van der Waals surface area contributed by atoms with Crippen molar-refractivity contribution >= 4 is 21.9 Å². The van der Waals surface area contributed by atoms with Gasteiger partial charge in [0, 0.05) is 19.5 Å². The minimum atomic E-state index is -3.80. The molecule has 0 aliphatic rings. The van der Waals surface area contributed by atoms with Crippen LogP contribution in [0.2, 0.25) is 0 Å². The number of hydrogen-bond donors (Lipinski definition) is 5. The van der Waals surface area contributed by atoms with E-state index in [0.29, 0.717) is 25.1 Å². The van der Waals surface area contributed by atoms with Gasteiger partial charge in [0.1, 0.15) is 17.2 Å². The number of nitrogens with one attached hydrogen (secondary N) is 2. The summed E-state index contributed by atoms with van der Waals surface area (Å²) in [7, 11) is -3.80. The standard InChI is InChI=1S/C28H31F2N3O6S/c1-17-13-21(40(31,38)39)5-6-22(17)19-3-2-4-20(16-19)25(34)8-10-32-11-9-26(35)33-12-7-18-14-23(29)27(28(36)37)24(30)15-18/h2-6,13-16,25,32,34H,7-12H2,1H3,(H,33,35)(H,36,37)(H2,31,38,39). The Balaban J connectivity index is 1.41. The molecule has 1 atom stereocenters. The van der Waals surface area contributed by atoms with Crippen molar-refractivity contribution in [1.82, 2.24) is 10.6 Å². The number of hydrogen-bond acceptors (Lipinski definition) is 6. The molecule has 1 amide bonds. The first kappa shape index (κ1) is 30.8. The van der Waals surface area contributed by atoms with E-state index in [4.69, 9.17) is 10.2 Å². The third-order valence-corrected chi connectivity index (χ3v) is 7.19. The van der Waals surface area contributed by atoms with Gasteiger partial charge in [-0.2, -0.15) is 0 Å². The van der Waals surface area contributed by atoms with E-state index in [-0.39, 0.29) is 35.8 Å². The topological polar surface area (TPSA) is 159 Å². The van der Waals surface area contributed by atoms with Crippen LogP contribution in [0.5, 0.6) is 0 Å². The van der Waals surface area contributed by atoms with Gasteiger partial charge in [-0.25, -0.2) is 27.1 Å². The van der Waals surface area contributed by atoms with Crippen molar-refractivity contribution in [3.8, 4) is 11.1 Å². The fraction of sp³-hybridized carbons (Fsp3) is 0.286. The first-order chi connectivity index (χ1) is 18.9. The van der Waals surface area contributed by atoms with E-state index in [1.807, 2.05) is 18.2 Å². The zero-order valence-corrected chi connectivity index (χ0v) is 22.6. The number of aryl methyl sites for hydroxylation is 1. The second kappa shape index (κ2) is 13.6. The molecule has 3 aromatic rings. The Morgan fingerprint density at radius 3 is 2.33 bits per heavy atom. The summed E-state index contributed by atoms with van der Waals surface area (Å²) in [5.74, 6) is -4.29. The van der Waals surface area contributed by atoms with Gasteiger partial charge in [0.2, 0.25) is 15.9 Å². The van der Waals surface area contributed by atoms with Crippen LogP contribution >= 0.6 is 0 Å². The second-order valence-electron chi connectivity index (χ2n) is 9.29. The average molecular weight is 576 g/mol. The van der Waals surface area contributed by atoms with Gasteiger partial charge in [-0.05, 0) is 84.5 Å². The molecule has 0 bridgehead atoms. The van der Waals surface area contributed by atoms with E-state index in [2.05, 4.69) is 10.6 Å². The molecular weight excluding hydrogens is 544 g/mol. The number of aliphatic hydroxyl groups excluding tert-OH is 1. The molecule has 0 aliphatic heterocycles. The Bertz CT molecular complexity index is 1470. The molecule has 12 heteroatoms. The van der Waals surface area contributed by atoms with Gasteiger partial charge in [0.25, 0.3) is 0 Å². The molecule has 0 aromatic heterocycles. The van der Waals surface area contributed by atoms with Crippen LogP contribution in [0.15, 0.2) is 59.5 Å². The molecule has 1 unspecified atom stereocenters. The van der Waals surface area contributed by atoms with Crippen LogP contribution in [0.4, 0.5) is 8.78 Å². The Hall–Kier alpha value is -3.71. The smallest absolute Gasteiger partial charge is 0.341 e. The highest BCUT2D eigenvalue weighted by atomic mass is 32.2. The van der Waals surface area contributed by atoms with E-state index in [0.717, 1.165) is 28.8 Å². The Morgan fingerprint density at radius 1 is 1.00 bits per heavy atom. The maximum Gasteiger partial charge on any atom is 0.341 e. The minimum absolute atomic E-state index is 0.0303. The van der Waals surface area contributed by atoms with Gasteiger partial charge in [-0.3, -0.25) is 4.79 Å². The Labute approximate surface area is 231 Å². The molecule has 40 heavy (non-hydrogen) atoms. The first-order valence-electron chi connectivity index (χ1n) is 12.5. The number of primary sulfonamides is 1. The Morgan fingerprint density at radius 2 is 1.70 bits per heavy atom. The molecule has 0 saturated heterocycles. The molecule has 0 aliphatic carbocycles. The molecule has 0 saturated carbocycles. The number of amides is 1. The van der Waals surface area contributed by atoms with Crippen LogP contribution in [0.25, 0.3) is 11.1 Å². The number of nitrogens with two attached hydrogens (primary N) is 1. The summed E-state index contributed by atoms with van der Waals surface area (Å²) >= 11 is 0. The fourth-order valence-corrected chi connectivity index (χ4v) is 4.79. The summed E-state index contributed by atoms with van der Waals surface area (Å²) in [6.45, 7) is 2.70. The second-order valence-corrected chi connectivity index (χ2v) is 10.9. The van der Waals surface area contributed by atoms with Gasteiger partial charge < -0.3 is 20.8 Å². The van der Waals surface area contributed by atoms with Crippen molar-refractivity contribution in [3.63, 3.8) is 0 Å². The highest BCUT2D eigenvalue weighted by molar-refractivity contribution is 7.89. The van der Waals surface area contributed by atoms with Crippen molar-refractivity contribution in [3.05, 3.63) is 88.5 Å². The zero-order chi connectivity index (χ0) is 29.4. The summed E-state index contributed by atoms with van der Waals surface area (Å²) < 4.78 is 50.7. The Kier molecular flexibility index (Phi) is 10.5. The summed E-state index contributed by atoms with van der Waals surface area (Å²) in [5.41, 5.74) is 2.28. The number of rotatable bonds is 13. The lowest BCUT2D eigenvalue weighted by atomic mass is 9.96. The molecule has 6 N–H and O–H groups in total. The number of aromatic carboxylic acids is 1. The molecular formula is C28H31F2N3O6S. The molecule has 3 aromatic carbocycles. The van der Waals surface area contributed by atoms with Crippen LogP contribution in [0, 0.1) is 18.6 Å². The number of benzene rings is 3. The van der Waals surface area contributed by atoms with Crippen LogP contribution in [-0.4, -0.2) is 50.1 Å². The number of carbonyl (C=O) groups excluding carboxylic acids is 1. The average Bonchev–Trinajstić information content (AvgIpc) is 2.87. The number of carboxylic acid groups (broad SMARTS) is 1. The van der Waals surface area contributed by atoms with E-state index in [9.17, 15) is 31.9 Å². The maximum absolute atomic E-state index is 13.8. The van der Waals surface area contributed by atoms with Crippen LogP contribution in [-0.2, 0) is 21.2 Å². The van der Waals surface area contributed by atoms with Crippen molar-refractivity contribution in [2.75, 3.05) is 19.6 Å². The summed E-state index contributed by atoms with van der Waals surface area (Å²) in [5, 5.41) is 30.4. The van der Waals surface area contributed by atoms with Crippen molar-refractivity contribution in [2.24, 2.45) is 5.14 Å². The predicted molar refractivity (Wildman–Crippen MR) is 145 cm³/mol. The monoisotopic (exact) mass is 575 g/mol. The molecule has 9 nitrogen and oxygen atoms in total. The lowest BCUT2D eigenvalue weighted by molar-refractivity contribution is -0.120. The van der Waals surface area contributed by atoms with E-state index < -0.39 is 39.3 Å². The van der Waals surface area contributed by atoms with Crippen LogP contribution in [0.3, 0.4) is 0 Å². The fourth-order valence-electron chi connectivity index (χ4n) is 4.19. The largest absolute Gasteiger partial charge is 0.477 e. The predicted octanol–water partition coefficient (Wildman–Crippen LogP) is 3.05. The number of aliphatic hydroxyl groups is 1. The van der Waals surface area contributed by atoms with E-state index >= 15 is 0 Å². The minimum Gasteiger partial charge on any atom is -0.477 e. The molecule has 214 valence electrons. The molecule has 3 rings (SSSR count). The lowest BCUT2D eigenvalue weighted by Gasteiger charge is -2.14. The first-order valence-corrected chi connectivity index (χ1v) is 14.0. The van der Waals surface area contributed by atoms with E-state index in [1.54, 1.807) is 19.1 Å². The quantitative estimate of drug-likeness (QED) is 0.196. The molecule has 0 heterocycles. The van der Waals surface area contributed by atoms with E-state index in [1.165, 1.54) is 12.1 Å². The van der Waals surface area contributed by atoms with Gasteiger partial charge in [0.05, 0.1) is 11.0 Å². The maximum atomic E-state index is 13.8. The van der Waals surface area contributed by atoms with Crippen LogP contribution in [0.1, 0.15) is 46.0 Å². The normalized spacial score (nSPS) is 12.2. The third-order valence-electron chi connectivity index (χ3n) is 6.28. The third kappa shape index (κ3) is 8.39. The number of halogens is 2. The van der Waals surface area contributed by atoms with Gasteiger partial charge in [-0.1, -0.05) is 24.3 Å². The van der Waals surface area contributed by atoms with Crippen molar-refractivity contribution in [1.29, 1.82) is 0 Å². The van der Waals surface area contributed by atoms with Gasteiger partial charge in [0.15, 0.2) is 0 Å². The molecule has 0 spiro atoms.